The first-order valence-corrected chi connectivity index (χ1v) is 4.66. The minimum absolute atomic E-state index is 0.0988. The number of hydrogen-bond donors (Lipinski definition) is 2. The van der Waals surface area contributed by atoms with Crippen molar-refractivity contribution in [3.8, 4) is 0 Å². The number of hydrogen-bond acceptors (Lipinski definition) is 4. The molecule has 0 radical (unpaired) electrons. The molecule has 0 unspecified atom stereocenters. The average molecular weight is 209 g/mol. The Hall–Kier alpha value is -1.78. The largest absolute Gasteiger partial charge is 0.481 e. The van der Waals surface area contributed by atoms with E-state index >= 15 is 0 Å². The molecule has 0 atom stereocenters. The first kappa shape index (κ1) is 11.3. The molecule has 82 valence electrons. The summed E-state index contributed by atoms with van der Waals surface area (Å²) in [4.78, 5) is 16.4. The van der Waals surface area contributed by atoms with Crippen LogP contribution in [0.3, 0.4) is 0 Å². The van der Waals surface area contributed by atoms with E-state index in [0.29, 0.717) is 12.2 Å². The smallest absolute Gasteiger partial charge is 0.305 e. The van der Waals surface area contributed by atoms with Crippen LogP contribution in [0.15, 0.2) is 12.1 Å². The number of aromatic nitrogens is 1. The van der Waals surface area contributed by atoms with E-state index in [4.69, 9.17) is 10.8 Å². The molecule has 1 aromatic heterocycles. The Labute approximate surface area is 88.5 Å². The summed E-state index contributed by atoms with van der Waals surface area (Å²) in [5.41, 5.74) is 7.04. The maximum absolute atomic E-state index is 10.4. The van der Waals surface area contributed by atoms with Crippen LogP contribution in [0.4, 0.5) is 11.5 Å². The lowest BCUT2D eigenvalue weighted by molar-refractivity contribution is -0.136. The van der Waals surface area contributed by atoms with Gasteiger partial charge in [-0.05, 0) is 19.1 Å². The SMILES string of the molecule is Cc1nc(N(C)CCC(=O)O)ccc1N. The number of carboxylic acid groups (broad SMARTS) is 1. The quantitative estimate of drug-likeness (QED) is 0.769. The first-order valence-electron chi connectivity index (χ1n) is 4.66. The van der Waals surface area contributed by atoms with E-state index in [0.717, 1.165) is 11.5 Å². The van der Waals surface area contributed by atoms with Gasteiger partial charge in [-0.3, -0.25) is 4.79 Å². The van der Waals surface area contributed by atoms with Crippen LogP contribution in [-0.2, 0) is 4.79 Å². The van der Waals surface area contributed by atoms with E-state index in [-0.39, 0.29) is 6.42 Å². The molecular weight excluding hydrogens is 194 g/mol. The van der Waals surface area contributed by atoms with Gasteiger partial charge in [0, 0.05) is 13.6 Å². The van der Waals surface area contributed by atoms with Crippen molar-refractivity contribution in [2.24, 2.45) is 0 Å². The van der Waals surface area contributed by atoms with Gasteiger partial charge >= 0.3 is 5.97 Å². The Balaban J connectivity index is 2.69. The highest BCUT2D eigenvalue weighted by Gasteiger charge is 2.06. The first-order chi connectivity index (χ1) is 7.00. The number of aryl methyl sites for hydroxylation is 1. The predicted molar refractivity (Wildman–Crippen MR) is 58.9 cm³/mol. The maximum Gasteiger partial charge on any atom is 0.305 e. The number of rotatable bonds is 4. The number of carbonyl (C=O) groups is 1. The van der Waals surface area contributed by atoms with Crippen molar-refractivity contribution in [2.45, 2.75) is 13.3 Å². The number of carboxylic acids is 1. The van der Waals surface area contributed by atoms with Crippen LogP contribution in [0.1, 0.15) is 12.1 Å². The van der Waals surface area contributed by atoms with Gasteiger partial charge in [-0.15, -0.1) is 0 Å². The number of pyridine rings is 1. The van der Waals surface area contributed by atoms with Crippen LogP contribution in [0, 0.1) is 6.92 Å². The Morgan fingerprint density at radius 3 is 2.80 bits per heavy atom. The van der Waals surface area contributed by atoms with E-state index in [1.54, 1.807) is 24.1 Å². The van der Waals surface area contributed by atoms with Gasteiger partial charge in [0.1, 0.15) is 5.82 Å². The minimum Gasteiger partial charge on any atom is -0.481 e. The van der Waals surface area contributed by atoms with Gasteiger partial charge in [0.25, 0.3) is 0 Å². The minimum atomic E-state index is -0.811. The van der Waals surface area contributed by atoms with Gasteiger partial charge in [-0.25, -0.2) is 4.98 Å². The molecule has 0 amide bonds. The fourth-order valence-electron chi connectivity index (χ4n) is 1.15. The van der Waals surface area contributed by atoms with Crippen molar-refractivity contribution in [3.63, 3.8) is 0 Å². The summed E-state index contributed by atoms with van der Waals surface area (Å²) in [5, 5.41) is 8.54. The normalized spacial score (nSPS) is 10.0. The van der Waals surface area contributed by atoms with Gasteiger partial charge < -0.3 is 15.7 Å². The third-order valence-corrected chi connectivity index (χ3v) is 2.16. The summed E-state index contributed by atoms with van der Waals surface area (Å²) in [5.74, 6) is -0.0723. The molecule has 5 nitrogen and oxygen atoms in total. The van der Waals surface area contributed by atoms with Crippen LogP contribution >= 0.6 is 0 Å². The van der Waals surface area contributed by atoms with E-state index in [1.807, 2.05) is 6.92 Å². The van der Waals surface area contributed by atoms with Crippen molar-refractivity contribution in [1.82, 2.24) is 4.98 Å². The molecule has 0 aliphatic heterocycles. The van der Waals surface area contributed by atoms with Gasteiger partial charge in [0.2, 0.25) is 0 Å². The fourth-order valence-corrected chi connectivity index (χ4v) is 1.15. The number of nitrogens with two attached hydrogens (primary N) is 1. The van der Waals surface area contributed by atoms with Crippen LogP contribution in [-0.4, -0.2) is 29.7 Å². The van der Waals surface area contributed by atoms with E-state index in [2.05, 4.69) is 4.98 Å². The molecule has 1 heterocycles. The second-order valence-electron chi connectivity index (χ2n) is 3.41. The summed E-state index contributed by atoms with van der Waals surface area (Å²) in [6.07, 6.45) is 0.0988. The lowest BCUT2D eigenvalue weighted by Gasteiger charge is -2.17. The predicted octanol–water partition coefficient (Wildman–Crippen LogP) is 0.883. The van der Waals surface area contributed by atoms with Crippen molar-refractivity contribution in [2.75, 3.05) is 24.2 Å². The van der Waals surface area contributed by atoms with Crippen LogP contribution < -0.4 is 10.6 Å². The Bertz CT molecular complexity index is 366. The summed E-state index contributed by atoms with van der Waals surface area (Å²) >= 11 is 0. The van der Waals surface area contributed by atoms with E-state index in [9.17, 15) is 4.79 Å². The van der Waals surface area contributed by atoms with Gasteiger partial charge in [0.05, 0.1) is 17.8 Å². The van der Waals surface area contributed by atoms with Crippen molar-refractivity contribution in [1.29, 1.82) is 0 Å². The fraction of sp³-hybridized carbons (Fsp3) is 0.400. The van der Waals surface area contributed by atoms with Crippen molar-refractivity contribution >= 4 is 17.5 Å². The molecule has 0 spiro atoms. The van der Waals surface area contributed by atoms with Crippen molar-refractivity contribution < 1.29 is 9.90 Å². The van der Waals surface area contributed by atoms with E-state index in [1.165, 1.54) is 0 Å². The van der Waals surface area contributed by atoms with Crippen LogP contribution in [0.2, 0.25) is 0 Å². The second kappa shape index (κ2) is 4.63. The zero-order valence-electron chi connectivity index (χ0n) is 8.90. The molecular formula is C10H15N3O2. The molecule has 0 aromatic carbocycles. The number of nitrogen functional groups attached to an aromatic ring is 1. The van der Waals surface area contributed by atoms with E-state index < -0.39 is 5.97 Å². The topological polar surface area (TPSA) is 79.5 Å². The highest BCUT2D eigenvalue weighted by Crippen LogP contribution is 2.14. The molecule has 0 bridgehead atoms. The second-order valence-corrected chi connectivity index (χ2v) is 3.41. The molecule has 3 N–H and O–H groups in total. The summed E-state index contributed by atoms with van der Waals surface area (Å²) in [6.45, 7) is 2.26. The highest BCUT2D eigenvalue weighted by atomic mass is 16.4. The molecule has 5 heteroatoms. The highest BCUT2D eigenvalue weighted by molar-refractivity contribution is 5.67. The Kier molecular flexibility index (Phi) is 3.49. The lowest BCUT2D eigenvalue weighted by atomic mass is 10.3. The standard InChI is InChI=1S/C10H15N3O2/c1-7-8(11)3-4-9(12-7)13(2)6-5-10(14)15/h3-4H,5-6,11H2,1-2H3,(H,14,15). The summed E-state index contributed by atoms with van der Waals surface area (Å²) in [6, 6.07) is 3.55. The summed E-state index contributed by atoms with van der Waals surface area (Å²) in [7, 11) is 1.81. The lowest BCUT2D eigenvalue weighted by Crippen LogP contribution is -2.22. The van der Waals surface area contributed by atoms with Gasteiger partial charge in [0.15, 0.2) is 0 Å². The monoisotopic (exact) mass is 209 g/mol. The number of aliphatic carboxylic acids is 1. The maximum atomic E-state index is 10.4. The molecule has 1 rings (SSSR count). The molecule has 0 aliphatic carbocycles. The molecule has 15 heavy (non-hydrogen) atoms. The van der Waals surface area contributed by atoms with Gasteiger partial charge in [-0.1, -0.05) is 0 Å². The molecule has 0 aliphatic rings. The summed E-state index contributed by atoms with van der Waals surface area (Å²) < 4.78 is 0. The molecule has 0 fully saturated rings. The number of anilines is 2. The molecule has 0 saturated heterocycles. The molecule has 0 saturated carbocycles. The van der Waals surface area contributed by atoms with Crippen molar-refractivity contribution in [3.05, 3.63) is 17.8 Å². The van der Waals surface area contributed by atoms with Crippen LogP contribution in [0.5, 0.6) is 0 Å². The third-order valence-electron chi connectivity index (χ3n) is 2.16. The zero-order valence-corrected chi connectivity index (χ0v) is 8.90. The third kappa shape index (κ3) is 3.12. The Morgan fingerprint density at radius 2 is 2.27 bits per heavy atom. The Morgan fingerprint density at radius 1 is 1.60 bits per heavy atom. The average Bonchev–Trinajstić information content (AvgIpc) is 2.18. The van der Waals surface area contributed by atoms with Crippen LogP contribution in [0.25, 0.3) is 0 Å². The van der Waals surface area contributed by atoms with Gasteiger partial charge in [-0.2, -0.15) is 0 Å². The number of nitrogens with zero attached hydrogens (tertiary/aromatic N) is 2. The zero-order chi connectivity index (χ0) is 11.4. The molecule has 1 aromatic rings.